The fourth-order valence-corrected chi connectivity index (χ4v) is 3.68. The Balaban J connectivity index is 1.47. The minimum absolute atomic E-state index is 0.0215. The van der Waals surface area contributed by atoms with Crippen LogP contribution < -0.4 is 14.8 Å². The van der Waals surface area contributed by atoms with Crippen LogP contribution in [-0.4, -0.2) is 12.5 Å². The van der Waals surface area contributed by atoms with Gasteiger partial charge in [0, 0.05) is 6.54 Å². The van der Waals surface area contributed by atoms with Crippen molar-refractivity contribution in [3.05, 3.63) is 113 Å². The second kappa shape index (κ2) is 11.5. The number of amides is 1. The van der Waals surface area contributed by atoms with Crippen molar-refractivity contribution in [1.29, 1.82) is 5.26 Å². The Kier molecular flexibility index (Phi) is 7.77. The van der Waals surface area contributed by atoms with Crippen LogP contribution in [0.5, 0.6) is 11.5 Å². The molecule has 0 unspecified atom stereocenters. The van der Waals surface area contributed by atoms with Crippen molar-refractivity contribution >= 4 is 22.8 Å². The molecule has 0 spiro atoms. The average Bonchev–Trinajstić information content (AvgIpc) is 2.90. The number of hydrogen-bond acceptors (Lipinski definition) is 4. The van der Waals surface area contributed by atoms with Gasteiger partial charge in [-0.3, -0.25) is 4.79 Å². The van der Waals surface area contributed by atoms with Gasteiger partial charge in [-0.15, -0.1) is 0 Å². The Bertz CT molecular complexity index is 1390. The molecule has 35 heavy (non-hydrogen) atoms. The van der Waals surface area contributed by atoms with E-state index in [1.54, 1.807) is 24.3 Å². The van der Waals surface area contributed by atoms with Gasteiger partial charge in [-0.05, 0) is 58.7 Å². The SMILES string of the molecule is CCOc1cc(/C=C(/C#N)C(=O)NCc2ccccc2)ccc1OCc1ccc2ccccc2c1. The standard InChI is InChI=1S/C30H26N2O3/c1-2-34-29-18-23(16-27(19-31)30(33)32-20-22-8-4-3-5-9-22)13-15-28(29)35-21-24-12-14-25-10-6-7-11-26(25)17-24/h3-18H,2,20-21H2,1H3,(H,32,33)/b27-16-. The summed E-state index contributed by atoms with van der Waals surface area (Å²) < 4.78 is 11.8. The Hall–Kier alpha value is -4.56. The molecule has 5 nitrogen and oxygen atoms in total. The third-order valence-corrected chi connectivity index (χ3v) is 5.45. The number of carbonyl (C=O) groups excluding carboxylic acids is 1. The van der Waals surface area contributed by atoms with Gasteiger partial charge in [0.1, 0.15) is 18.2 Å². The summed E-state index contributed by atoms with van der Waals surface area (Å²) in [4.78, 5) is 12.5. The molecule has 0 saturated carbocycles. The van der Waals surface area contributed by atoms with E-state index in [4.69, 9.17) is 9.47 Å². The first kappa shape index (κ1) is 23.6. The second-order valence-electron chi connectivity index (χ2n) is 7.95. The lowest BCUT2D eigenvalue weighted by Crippen LogP contribution is -2.23. The molecule has 0 aliphatic carbocycles. The number of nitriles is 1. The Labute approximate surface area is 205 Å². The quantitative estimate of drug-likeness (QED) is 0.243. The summed E-state index contributed by atoms with van der Waals surface area (Å²) in [6, 6.07) is 31.4. The van der Waals surface area contributed by atoms with Crippen molar-refractivity contribution in [3.8, 4) is 17.6 Å². The summed E-state index contributed by atoms with van der Waals surface area (Å²) >= 11 is 0. The van der Waals surface area contributed by atoms with Gasteiger partial charge in [0.25, 0.3) is 5.91 Å². The summed E-state index contributed by atoms with van der Waals surface area (Å²) in [5.41, 5.74) is 2.72. The highest BCUT2D eigenvalue weighted by Gasteiger charge is 2.11. The highest BCUT2D eigenvalue weighted by molar-refractivity contribution is 6.01. The van der Waals surface area contributed by atoms with Gasteiger partial charge in [-0.1, -0.05) is 72.8 Å². The van der Waals surface area contributed by atoms with Crippen LogP contribution >= 0.6 is 0 Å². The molecule has 0 bridgehead atoms. The Morgan fingerprint density at radius 2 is 1.63 bits per heavy atom. The lowest BCUT2D eigenvalue weighted by Gasteiger charge is -2.13. The minimum Gasteiger partial charge on any atom is -0.490 e. The summed E-state index contributed by atoms with van der Waals surface area (Å²) in [6.45, 7) is 3.10. The molecule has 4 rings (SSSR count). The topological polar surface area (TPSA) is 71.3 Å². The lowest BCUT2D eigenvalue weighted by molar-refractivity contribution is -0.117. The summed E-state index contributed by atoms with van der Waals surface area (Å²) in [5.74, 6) is 0.735. The average molecular weight is 463 g/mol. The molecule has 0 aromatic heterocycles. The normalized spacial score (nSPS) is 11.0. The largest absolute Gasteiger partial charge is 0.490 e. The first-order valence-electron chi connectivity index (χ1n) is 11.5. The van der Waals surface area contributed by atoms with E-state index in [2.05, 4.69) is 29.6 Å². The van der Waals surface area contributed by atoms with Gasteiger partial charge >= 0.3 is 0 Å². The Morgan fingerprint density at radius 1 is 0.857 bits per heavy atom. The predicted molar refractivity (Wildman–Crippen MR) is 138 cm³/mol. The lowest BCUT2D eigenvalue weighted by atomic mass is 10.1. The smallest absolute Gasteiger partial charge is 0.262 e. The molecule has 4 aromatic carbocycles. The molecule has 5 heteroatoms. The first-order valence-corrected chi connectivity index (χ1v) is 11.5. The van der Waals surface area contributed by atoms with Crippen LogP contribution in [0.15, 0.2) is 96.6 Å². The van der Waals surface area contributed by atoms with E-state index in [1.807, 2.05) is 61.5 Å². The molecule has 174 valence electrons. The van der Waals surface area contributed by atoms with E-state index in [0.29, 0.717) is 36.8 Å². The number of ether oxygens (including phenoxy) is 2. The fraction of sp³-hybridized carbons (Fsp3) is 0.133. The van der Waals surface area contributed by atoms with Crippen LogP contribution in [0.2, 0.25) is 0 Å². The van der Waals surface area contributed by atoms with Crippen molar-refractivity contribution in [2.75, 3.05) is 6.61 Å². The highest BCUT2D eigenvalue weighted by Crippen LogP contribution is 2.30. The highest BCUT2D eigenvalue weighted by atomic mass is 16.5. The van der Waals surface area contributed by atoms with Crippen molar-refractivity contribution in [2.45, 2.75) is 20.1 Å². The molecule has 1 N–H and O–H groups in total. The number of benzene rings is 4. The zero-order chi connectivity index (χ0) is 24.5. The van der Waals surface area contributed by atoms with Crippen LogP contribution in [0.3, 0.4) is 0 Å². The molecular formula is C30H26N2O3. The van der Waals surface area contributed by atoms with Gasteiger partial charge in [0.2, 0.25) is 0 Å². The molecule has 0 radical (unpaired) electrons. The van der Waals surface area contributed by atoms with E-state index in [1.165, 1.54) is 5.39 Å². The molecule has 0 saturated heterocycles. The zero-order valence-corrected chi connectivity index (χ0v) is 19.5. The molecule has 1 amide bonds. The number of nitrogens with one attached hydrogen (secondary N) is 1. The fourth-order valence-electron chi connectivity index (χ4n) is 3.68. The molecule has 0 atom stereocenters. The molecule has 0 heterocycles. The first-order chi connectivity index (χ1) is 17.2. The van der Waals surface area contributed by atoms with Gasteiger partial charge in [-0.2, -0.15) is 5.26 Å². The summed E-state index contributed by atoms with van der Waals surface area (Å²) in [6.07, 6.45) is 1.55. The van der Waals surface area contributed by atoms with Gasteiger partial charge < -0.3 is 14.8 Å². The molecular weight excluding hydrogens is 436 g/mol. The van der Waals surface area contributed by atoms with Gasteiger partial charge in [0.05, 0.1) is 6.61 Å². The third-order valence-electron chi connectivity index (χ3n) is 5.45. The van der Waals surface area contributed by atoms with Crippen LogP contribution in [0, 0.1) is 11.3 Å². The predicted octanol–water partition coefficient (Wildman–Crippen LogP) is 6.04. The van der Waals surface area contributed by atoms with Crippen LogP contribution in [0.4, 0.5) is 0 Å². The van der Waals surface area contributed by atoms with Crippen molar-refractivity contribution in [3.63, 3.8) is 0 Å². The Morgan fingerprint density at radius 3 is 2.40 bits per heavy atom. The molecule has 4 aromatic rings. The second-order valence-corrected chi connectivity index (χ2v) is 7.95. The number of carbonyl (C=O) groups is 1. The van der Waals surface area contributed by atoms with Crippen LogP contribution in [-0.2, 0) is 17.9 Å². The molecule has 0 aliphatic rings. The van der Waals surface area contributed by atoms with Crippen LogP contribution in [0.1, 0.15) is 23.6 Å². The number of hydrogen-bond donors (Lipinski definition) is 1. The maximum atomic E-state index is 12.5. The van der Waals surface area contributed by atoms with Gasteiger partial charge in [-0.25, -0.2) is 0 Å². The number of fused-ring (bicyclic) bond motifs is 1. The van der Waals surface area contributed by atoms with E-state index < -0.39 is 5.91 Å². The van der Waals surface area contributed by atoms with E-state index in [-0.39, 0.29) is 5.57 Å². The molecule has 0 aliphatic heterocycles. The monoisotopic (exact) mass is 462 g/mol. The van der Waals surface area contributed by atoms with E-state index in [0.717, 1.165) is 16.5 Å². The number of rotatable bonds is 9. The van der Waals surface area contributed by atoms with E-state index >= 15 is 0 Å². The van der Waals surface area contributed by atoms with Crippen molar-refractivity contribution in [2.24, 2.45) is 0 Å². The zero-order valence-electron chi connectivity index (χ0n) is 19.5. The minimum atomic E-state index is -0.425. The van der Waals surface area contributed by atoms with Crippen molar-refractivity contribution < 1.29 is 14.3 Å². The molecule has 0 fully saturated rings. The van der Waals surface area contributed by atoms with Gasteiger partial charge in [0.15, 0.2) is 11.5 Å². The maximum absolute atomic E-state index is 12.5. The number of nitrogens with zero attached hydrogens (tertiary/aromatic N) is 1. The third kappa shape index (κ3) is 6.27. The van der Waals surface area contributed by atoms with E-state index in [9.17, 15) is 10.1 Å². The maximum Gasteiger partial charge on any atom is 0.262 e. The van der Waals surface area contributed by atoms with Crippen LogP contribution in [0.25, 0.3) is 16.8 Å². The van der Waals surface area contributed by atoms with Crippen molar-refractivity contribution in [1.82, 2.24) is 5.32 Å². The summed E-state index contributed by atoms with van der Waals surface area (Å²) in [7, 11) is 0. The summed E-state index contributed by atoms with van der Waals surface area (Å²) in [5, 5.41) is 14.7.